The first-order valence-corrected chi connectivity index (χ1v) is 16.6. The van der Waals surface area contributed by atoms with E-state index in [-0.39, 0.29) is 6.61 Å². The Balaban J connectivity index is 1.49. The van der Waals surface area contributed by atoms with Gasteiger partial charge in [0.2, 0.25) is 0 Å². The molecule has 0 bridgehead atoms. The summed E-state index contributed by atoms with van der Waals surface area (Å²) < 4.78 is 45.1. The first-order chi connectivity index (χ1) is 23.8. The molecule has 0 aromatic rings. The molecule has 21 nitrogen and oxygen atoms in total. The fourth-order valence-electron chi connectivity index (χ4n) is 6.21. The summed E-state index contributed by atoms with van der Waals surface area (Å²) in [6, 6.07) is 0. The van der Waals surface area contributed by atoms with Crippen molar-refractivity contribution in [3.63, 3.8) is 0 Å². The van der Waals surface area contributed by atoms with Crippen LogP contribution in [0.1, 0.15) is 26.2 Å². The van der Waals surface area contributed by atoms with Crippen molar-refractivity contribution < 1.29 is 99.2 Å². The number of aliphatic hydroxyl groups excluding tert-OH is 12. The maximum absolute atomic E-state index is 11.3. The lowest BCUT2D eigenvalue weighted by atomic mass is 9.96. The molecule has 20 atom stereocenters. The summed E-state index contributed by atoms with van der Waals surface area (Å²) in [5, 5.41) is 126. The van der Waals surface area contributed by atoms with Gasteiger partial charge in [-0.1, -0.05) is 0 Å². The minimum atomic E-state index is -1.94. The molecule has 4 saturated heterocycles. The molecule has 0 aromatic heterocycles. The molecular formula is C29H53NO20. The van der Waals surface area contributed by atoms with Crippen molar-refractivity contribution in [2.75, 3.05) is 33.0 Å². The van der Waals surface area contributed by atoms with E-state index in [2.05, 4.69) is 0 Å². The molecule has 4 heterocycles. The zero-order chi connectivity index (χ0) is 36.9. The second-order valence-corrected chi connectivity index (χ2v) is 12.8. The molecule has 294 valence electrons. The second kappa shape index (κ2) is 19.0. The van der Waals surface area contributed by atoms with Crippen molar-refractivity contribution in [2.45, 2.75) is 149 Å². The number of hydrogen-bond donors (Lipinski definition) is 13. The number of rotatable bonds is 15. The van der Waals surface area contributed by atoms with E-state index in [1.54, 1.807) is 0 Å². The van der Waals surface area contributed by atoms with E-state index >= 15 is 0 Å². The number of ether oxygens (including phenoxy) is 8. The highest BCUT2D eigenvalue weighted by Gasteiger charge is 2.55. The SMILES string of the molecule is C[C@@H]1O[C@H](O[C@H]2[C@H](O)[C@@H](O)[C@H](OCCCCCN)O[C@@H]2CO)[C@H](O)[C@H](O[C@H]2O[C@H](CO)[C@H](O)[C@H](O)[C@H]2O[C@@H]2O[C@H](CO)[C@H](O)[C@H](O)[C@H]2O)[C@H]1O. The van der Waals surface area contributed by atoms with E-state index in [0.717, 1.165) is 12.8 Å². The summed E-state index contributed by atoms with van der Waals surface area (Å²) >= 11 is 0. The Hall–Kier alpha value is -0.840. The molecule has 4 aliphatic heterocycles. The molecule has 4 aliphatic rings. The van der Waals surface area contributed by atoms with Crippen LogP contribution in [-0.2, 0) is 37.9 Å². The molecule has 14 N–H and O–H groups in total. The fourth-order valence-corrected chi connectivity index (χ4v) is 6.21. The topological polar surface area (TPSA) is 343 Å². The third-order valence-electron chi connectivity index (χ3n) is 9.28. The standard InChI is InChI=1S/C29H53NO20/c1-10-14(34)24(22(42)28(44-10)48-23-13(9-33)47-26(21(41)19(23)39)43-6-4-2-3-5-30)49-29-25(18(38)16(36)12(8-32)46-29)50-27-20(40)17(37)15(35)11(7-31)45-27/h10-29,31-42H,2-9,30H2,1H3/t10-,11+,12+,13+,14-,15-,16-,17-,18-,19+,20+,21+,22+,23+,24+,25+,26+,27-,28+,29+/m0/s1. The molecule has 0 spiro atoms. The summed E-state index contributed by atoms with van der Waals surface area (Å²) in [7, 11) is 0. The van der Waals surface area contributed by atoms with Gasteiger partial charge in [-0.2, -0.15) is 0 Å². The number of unbranched alkanes of at least 4 members (excludes halogenated alkanes) is 2. The van der Waals surface area contributed by atoms with Gasteiger partial charge in [-0.25, -0.2) is 0 Å². The Bertz CT molecular complexity index is 1000. The van der Waals surface area contributed by atoms with E-state index < -0.39 is 143 Å². The molecule has 4 rings (SSSR count). The van der Waals surface area contributed by atoms with Crippen molar-refractivity contribution in [3.8, 4) is 0 Å². The van der Waals surface area contributed by atoms with Gasteiger partial charge in [-0.3, -0.25) is 0 Å². The second-order valence-electron chi connectivity index (χ2n) is 12.8. The molecular weight excluding hydrogens is 682 g/mol. The van der Waals surface area contributed by atoms with Crippen molar-refractivity contribution in [1.82, 2.24) is 0 Å². The first kappa shape index (κ1) is 41.9. The quantitative estimate of drug-likeness (QED) is 0.0695. The first-order valence-electron chi connectivity index (χ1n) is 16.6. The minimum Gasteiger partial charge on any atom is -0.394 e. The fraction of sp³-hybridized carbons (Fsp3) is 1.00. The largest absolute Gasteiger partial charge is 0.394 e. The molecule has 4 fully saturated rings. The maximum atomic E-state index is 11.3. The summed E-state index contributed by atoms with van der Waals surface area (Å²) in [4.78, 5) is 0. The van der Waals surface area contributed by atoms with Gasteiger partial charge in [0.1, 0.15) is 91.6 Å². The van der Waals surface area contributed by atoms with Gasteiger partial charge in [0.15, 0.2) is 25.2 Å². The number of nitrogens with two attached hydrogens (primary N) is 1. The van der Waals surface area contributed by atoms with Crippen LogP contribution in [0.4, 0.5) is 0 Å². The number of aliphatic hydroxyl groups is 12. The van der Waals surface area contributed by atoms with Gasteiger partial charge in [0.05, 0.1) is 25.9 Å². The Morgan fingerprint density at radius 3 is 1.58 bits per heavy atom. The Kier molecular flexibility index (Phi) is 15.9. The predicted molar refractivity (Wildman–Crippen MR) is 159 cm³/mol. The molecule has 0 saturated carbocycles. The third-order valence-corrected chi connectivity index (χ3v) is 9.28. The van der Waals surface area contributed by atoms with Crippen LogP contribution < -0.4 is 5.73 Å². The highest BCUT2D eigenvalue weighted by atomic mass is 16.8. The van der Waals surface area contributed by atoms with Crippen molar-refractivity contribution >= 4 is 0 Å². The maximum Gasteiger partial charge on any atom is 0.187 e. The average molecular weight is 736 g/mol. The minimum absolute atomic E-state index is 0.171. The van der Waals surface area contributed by atoms with Crippen LogP contribution in [0.25, 0.3) is 0 Å². The smallest absolute Gasteiger partial charge is 0.187 e. The Labute approximate surface area is 287 Å². The van der Waals surface area contributed by atoms with Crippen LogP contribution in [0, 0.1) is 0 Å². The van der Waals surface area contributed by atoms with Gasteiger partial charge < -0.3 is 105 Å². The van der Waals surface area contributed by atoms with Gasteiger partial charge in [0, 0.05) is 6.61 Å². The van der Waals surface area contributed by atoms with E-state index in [1.807, 2.05) is 0 Å². The molecule has 0 radical (unpaired) electrons. The van der Waals surface area contributed by atoms with Crippen LogP contribution in [0.3, 0.4) is 0 Å². The molecule has 21 heteroatoms. The molecule has 0 aliphatic carbocycles. The monoisotopic (exact) mass is 735 g/mol. The third kappa shape index (κ3) is 9.26. The van der Waals surface area contributed by atoms with Crippen LogP contribution in [0.2, 0.25) is 0 Å². The lowest BCUT2D eigenvalue weighted by Gasteiger charge is -2.49. The molecule has 0 unspecified atom stereocenters. The predicted octanol–water partition coefficient (Wildman–Crippen LogP) is -7.57. The normalized spacial score (nSPS) is 48.8. The van der Waals surface area contributed by atoms with Gasteiger partial charge >= 0.3 is 0 Å². The summed E-state index contributed by atoms with van der Waals surface area (Å²) in [6.45, 7) is -0.303. The Morgan fingerprint density at radius 2 is 0.960 bits per heavy atom. The van der Waals surface area contributed by atoms with Gasteiger partial charge in [-0.15, -0.1) is 0 Å². The summed E-state index contributed by atoms with van der Waals surface area (Å²) in [5.74, 6) is 0. The molecule has 0 aromatic carbocycles. The zero-order valence-electron chi connectivity index (χ0n) is 27.4. The average Bonchev–Trinajstić information content (AvgIpc) is 3.10. The van der Waals surface area contributed by atoms with Crippen LogP contribution in [0.5, 0.6) is 0 Å². The summed E-state index contributed by atoms with van der Waals surface area (Å²) in [6.07, 6.45) is -31.2. The highest BCUT2D eigenvalue weighted by molar-refractivity contribution is 4.97. The zero-order valence-corrected chi connectivity index (χ0v) is 27.4. The van der Waals surface area contributed by atoms with E-state index in [1.165, 1.54) is 6.92 Å². The van der Waals surface area contributed by atoms with E-state index in [9.17, 15) is 61.3 Å². The van der Waals surface area contributed by atoms with Crippen LogP contribution in [-0.4, -0.2) is 217 Å². The highest BCUT2D eigenvalue weighted by Crippen LogP contribution is 2.34. The van der Waals surface area contributed by atoms with Crippen molar-refractivity contribution in [1.29, 1.82) is 0 Å². The Morgan fingerprint density at radius 1 is 0.460 bits per heavy atom. The van der Waals surface area contributed by atoms with Crippen LogP contribution in [0.15, 0.2) is 0 Å². The van der Waals surface area contributed by atoms with Crippen molar-refractivity contribution in [2.24, 2.45) is 5.73 Å². The van der Waals surface area contributed by atoms with Gasteiger partial charge in [0.25, 0.3) is 0 Å². The van der Waals surface area contributed by atoms with Crippen molar-refractivity contribution in [3.05, 3.63) is 0 Å². The lowest BCUT2D eigenvalue weighted by Crippen LogP contribution is -2.67. The lowest BCUT2D eigenvalue weighted by molar-refractivity contribution is -0.394. The molecule has 50 heavy (non-hydrogen) atoms. The van der Waals surface area contributed by atoms with Gasteiger partial charge in [-0.05, 0) is 32.7 Å². The van der Waals surface area contributed by atoms with E-state index in [4.69, 9.17) is 43.6 Å². The summed E-state index contributed by atoms with van der Waals surface area (Å²) in [5.41, 5.74) is 5.48. The number of hydrogen-bond acceptors (Lipinski definition) is 21. The van der Waals surface area contributed by atoms with E-state index in [0.29, 0.717) is 13.0 Å². The van der Waals surface area contributed by atoms with Crippen LogP contribution >= 0.6 is 0 Å². The molecule has 0 amide bonds.